The molecule has 0 saturated carbocycles. The van der Waals surface area contributed by atoms with Crippen LogP contribution in [0.1, 0.15) is 33.2 Å². The summed E-state index contributed by atoms with van der Waals surface area (Å²) in [5, 5.41) is 5.96. The van der Waals surface area contributed by atoms with Gasteiger partial charge in [-0.25, -0.2) is 13.2 Å². The number of nitrogens with two attached hydrogens (primary N) is 1. The molecule has 1 aliphatic heterocycles. The third-order valence-corrected chi connectivity index (χ3v) is 3.55. The van der Waals surface area contributed by atoms with Crippen LogP contribution in [0.2, 0.25) is 0 Å². The van der Waals surface area contributed by atoms with Crippen molar-refractivity contribution < 1.29 is 40.7 Å². The van der Waals surface area contributed by atoms with E-state index in [0.29, 0.717) is 4.57 Å². The van der Waals surface area contributed by atoms with Gasteiger partial charge in [0.15, 0.2) is 17.5 Å². The molecule has 2 N–H and O–H groups in total. The van der Waals surface area contributed by atoms with E-state index < -0.39 is 85.1 Å². The maximum absolute atomic E-state index is 14.2. The lowest BCUT2D eigenvalue weighted by Crippen LogP contribution is -2.42. The number of hydrogen-bond donors (Lipinski definition) is 1. The monoisotopic (exact) mass is 414 g/mol. The molecule has 1 aromatic heterocycles. The zero-order valence-electron chi connectivity index (χ0n) is 20.6. The summed E-state index contributed by atoms with van der Waals surface area (Å²) in [7, 11) is 0. The summed E-state index contributed by atoms with van der Waals surface area (Å²) in [5.74, 6) is -9.83. The molecule has 6 nitrogen and oxygen atoms in total. The van der Waals surface area contributed by atoms with Crippen LogP contribution in [-0.2, 0) is 30.4 Å². The van der Waals surface area contributed by atoms with Gasteiger partial charge in [-0.05, 0) is 18.0 Å². The molecule has 1 aliphatic rings. The van der Waals surface area contributed by atoms with E-state index in [2.05, 4.69) is 10.2 Å². The minimum absolute atomic E-state index is 0.0112. The zero-order chi connectivity index (χ0) is 26.9. The Labute approximate surface area is 164 Å². The van der Waals surface area contributed by atoms with Gasteiger partial charge in [0, 0.05) is 38.4 Å². The molecule has 0 fully saturated rings. The van der Waals surface area contributed by atoms with Crippen LogP contribution in [0.5, 0.6) is 0 Å². The van der Waals surface area contributed by atoms with Crippen molar-refractivity contribution in [1.29, 1.82) is 0 Å². The molecule has 3 rings (SSSR count). The number of carbonyl (C=O) groups is 1. The molecule has 0 unspecified atom stereocenters. The molecule has 152 valence electrons. The summed E-state index contributed by atoms with van der Waals surface area (Å²) in [6.07, 6.45) is -12.6. The molecule has 2 aromatic rings. The Bertz CT molecular complexity index is 1190. The Morgan fingerprint density at radius 2 is 1.93 bits per heavy atom. The Morgan fingerprint density at radius 3 is 2.61 bits per heavy atom. The predicted molar refractivity (Wildman–Crippen MR) is 83.1 cm³/mol. The van der Waals surface area contributed by atoms with Crippen LogP contribution in [-0.4, -0.2) is 38.1 Å². The van der Waals surface area contributed by atoms with Crippen LogP contribution in [0.4, 0.5) is 26.3 Å². The molecule has 28 heavy (non-hydrogen) atoms. The lowest BCUT2D eigenvalue weighted by atomic mass is 10.0. The zero-order valence-corrected chi connectivity index (χ0v) is 13.6. The smallest absolute Gasteiger partial charge is 0.333 e. The van der Waals surface area contributed by atoms with Gasteiger partial charge in [0.05, 0.1) is 9.24 Å². The first-order chi connectivity index (χ1) is 15.7. The van der Waals surface area contributed by atoms with Gasteiger partial charge in [0.2, 0.25) is 11.7 Å². The molecule has 2 heterocycles. The summed E-state index contributed by atoms with van der Waals surface area (Å²) < 4.78 is 137. The average Bonchev–Trinajstić information content (AvgIpc) is 3.16. The van der Waals surface area contributed by atoms with Crippen LogP contribution in [0.15, 0.2) is 12.1 Å². The number of halogens is 6. The lowest BCUT2D eigenvalue weighted by molar-refractivity contribution is -0.148. The Balaban J connectivity index is 2.04. The Morgan fingerprint density at radius 1 is 1.25 bits per heavy atom. The van der Waals surface area contributed by atoms with Gasteiger partial charge < -0.3 is 15.2 Å². The maximum Gasteiger partial charge on any atom is 0.451 e. The predicted octanol–water partition coefficient (Wildman–Crippen LogP) is 2.02. The number of benzene rings is 1. The molecule has 0 aliphatic carbocycles. The largest absolute Gasteiger partial charge is 0.451 e. The van der Waals surface area contributed by atoms with Crippen molar-refractivity contribution in [3.8, 4) is 0 Å². The van der Waals surface area contributed by atoms with E-state index >= 15 is 0 Å². The summed E-state index contributed by atoms with van der Waals surface area (Å²) in [6.45, 7) is -4.88. The van der Waals surface area contributed by atoms with E-state index in [1.807, 2.05) is 0 Å². The van der Waals surface area contributed by atoms with Crippen LogP contribution in [0, 0.1) is 17.5 Å². The van der Waals surface area contributed by atoms with E-state index in [4.69, 9.17) is 15.3 Å². The van der Waals surface area contributed by atoms with Gasteiger partial charge in [-0.2, -0.15) is 13.2 Å². The number of hydrogen-bond acceptors (Lipinski definition) is 4. The van der Waals surface area contributed by atoms with Crippen molar-refractivity contribution in [3.63, 3.8) is 0 Å². The number of carbonyl (C=O) groups excluding carboxylic acids is 1. The fraction of sp³-hybridized carbons (Fsp3) is 0.438. The normalized spacial score (nSPS) is 23.1. The second kappa shape index (κ2) is 7.41. The van der Waals surface area contributed by atoms with Gasteiger partial charge >= 0.3 is 6.18 Å². The topological polar surface area (TPSA) is 77.0 Å². The summed E-state index contributed by atoms with van der Waals surface area (Å²) in [6, 6.07) is -3.88. The number of rotatable bonds is 4. The number of amides is 1. The standard InChI is InChI=1S/C16H15F6N5O/c17-10-6-12(19)11(18)4-8(10)3-9(23)5-14(28)26-1-2-27-13(7-26)24-25-15(27)16(20,21)22/h4,6,9H,1-3,5,7,23H2/t9-/m1/s1/i3D2,5D2,7D2,9D. The highest BCUT2D eigenvalue weighted by Crippen LogP contribution is 2.29. The quantitative estimate of drug-likeness (QED) is 0.614. The molecule has 1 amide bonds. The Kier molecular flexibility index (Phi) is 3.38. The molecule has 0 radical (unpaired) electrons. The molecule has 1 atom stereocenters. The summed E-state index contributed by atoms with van der Waals surface area (Å²) >= 11 is 0. The first-order valence-electron chi connectivity index (χ1n) is 11.0. The number of fused-ring (bicyclic) bond motifs is 1. The molecule has 12 heteroatoms. The molecule has 1 aromatic carbocycles. The van der Waals surface area contributed by atoms with Crippen molar-refractivity contribution >= 4 is 5.91 Å². The lowest BCUT2D eigenvalue weighted by Gasteiger charge is -2.29. The van der Waals surface area contributed by atoms with Gasteiger partial charge in [-0.1, -0.05) is 0 Å². The molecule has 0 spiro atoms. The summed E-state index contributed by atoms with van der Waals surface area (Å²) in [5.41, 5.74) is 4.09. The summed E-state index contributed by atoms with van der Waals surface area (Å²) in [4.78, 5) is 13.1. The van der Waals surface area contributed by atoms with Crippen molar-refractivity contribution in [3.05, 3.63) is 46.8 Å². The maximum atomic E-state index is 14.2. The SMILES string of the molecule is [2H]C1([2H])c2nnc(C(F)(F)F)n2CCN1C(=O)C([2H])([2H])[C@]([2H])(N)C([2H])([2H])c1cc(F)c(F)cc1F. The Hall–Kier alpha value is -2.63. The van der Waals surface area contributed by atoms with Gasteiger partial charge in [-0.15, -0.1) is 10.2 Å². The highest BCUT2D eigenvalue weighted by molar-refractivity contribution is 5.76. The van der Waals surface area contributed by atoms with Gasteiger partial charge in [0.25, 0.3) is 0 Å². The molecular formula is C16H15F6N5O. The second-order valence-electron chi connectivity index (χ2n) is 5.48. The minimum Gasteiger partial charge on any atom is -0.333 e. The van der Waals surface area contributed by atoms with Crippen molar-refractivity contribution in [2.45, 2.75) is 38.0 Å². The molecule has 0 saturated heterocycles. The van der Waals surface area contributed by atoms with E-state index in [-0.39, 0.29) is 17.0 Å². The average molecular weight is 414 g/mol. The fourth-order valence-corrected chi connectivity index (χ4v) is 2.31. The highest BCUT2D eigenvalue weighted by Gasteiger charge is 2.39. The van der Waals surface area contributed by atoms with Crippen LogP contribution < -0.4 is 5.73 Å². The first-order valence-corrected chi connectivity index (χ1v) is 7.46. The van der Waals surface area contributed by atoms with Crippen molar-refractivity contribution in [1.82, 2.24) is 19.7 Å². The number of alkyl halides is 3. The first kappa shape index (κ1) is 12.8. The van der Waals surface area contributed by atoms with E-state index in [9.17, 15) is 31.1 Å². The van der Waals surface area contributed by atoms with Crippen LogP contribution >= 0.6 is 0 Å². The minimum atomic E-state index is -5.03. The van der Waals surface area contributed by atoms with Crippen molar-refractivity contribution in [2.24, 2.45) is 5.73 Å². The van der Waals surface area contributed by atoms with Gasteiger partial charge in [-0.3, -0.25) is 4.79 Å². The van der Waals surface area contributed by atoms with E-state index in [1.54, 1.807) is 0 Å². The van der Waals surface area contributed by atoms with Crippen molar-refractivity contribution in [2.75, 3.05) is 6.54 Å². The second-order valence-corrected chi connectivity index (χ2v) is 5.48. The van der Waals surface area contributed by atoms with E-state index in [0.717, 1.165) is 0 Å². The van der Waals surface area contributed by atoms with Crippen LogP contribution in [0.3, 0.4) is 0 Å². The van der Waals surface area contributed by atoms with Crippen LogP contribution in [0.25, 0.3) is 0 Å². The highest BCUT2D eigenvalue weighted by atomic mass is 19.4. The molecule has 0 bridgehead atoms. The molecular weight excluding hydrogens is 392 g/mol. The number of nitrogens with zero attached hydrogens (tertiary/aromatic N) is 4. The van der Waals surface area contributed by atoms with E-state index in [1.165, 1.54) is 0 Å². The third kappa shape index (κ3) is 4.11. The van der Waals surface area contributed by atoms with Gasteiger partial charge in [0.1, 0.15) is 5.82 Å². The third-order valence-electron chi connectivity index (χ3n) is 3.55. The number of aromatic nitrogens is 3. The fourth-order valence-electron chi connectivity index (χ4n) is 2.31.